The third-order valence-corrected chi connectivity index (χ3v) is 6.17. The summed E-state index contributed by atoms with van der Waals surface area (Å²) in [5.74, 6) is -3.77. The molecule has 2 aromatic carbocycles. The lowest BCUT2D eigenvalue weighted by Gasteiger charge is -2.30. The van der Waals surface area contributed by atoms with E-state index in [1.807, 2.05) is 0 Å². The molecule has 0 aromatic heterocycles. The molecule has 3 nitrogen and oxygen atoms in total. The normalized spacial score (nSPS) is 18.0. The molecule has 31 heavy (non-hydrogen) atoms. The number of hydrogen-bond acceptors (Lipinski definition) is 4. The summed E-state index contributed by atoms with van der Waals surface area (Å²) in [4.78, 5) is 1.99. The van der Waals surface area contributed by atoms with Crippen LogP contribution in [0.15, 0.2) is 41.3 Å². The van der Waals surface area contributed by atoms with Crippen molar-refractivity contribution in [3.63, 3.8) is 0 Å². The molecule has 0 N–H and O–H groups in total. The van der Waals surface area contributed by atoms with Crippen molar-refractivity contribution in [1.82, 2.24) is 4.31 Å². The van der Waals surface area contributed by atoms with Gasteiger partial charge in [0.05, 0.1) is 23.3 Å². The topological polar surface area (TPSA) is 15.7 Å². The first-order chi connectivity index (χ1) is 14.4. The molecule has 1 aliphatic rings. The molecule has 2 aromatic rings. The molecule has 1 unspecified atom stereocenters. The highest BCUT2D eigenvalue weighted by atomic mass is 32.2. The maximum atomic E-state index is 13.9. The molecule has 0 radical (unpaired) electrons. The highest BCUT2D eigenvalue weighted by Gasteiger charge is 2.38. The van der Waals surface area contributed by atoms with Crippen molar-refractivity contribution < 1.29 is 31.1 Å². The van der Waals surface area contributed by atoms with Crippen molar-refractivity contribution in [2.24, 2.45) is 0 Å². The van der Waals surface area contributed by atoms with E-state index in [-0.39, 0.29) is 30.8 Å². The zero-order valence-corrected chi connectivity index (χ0v) is 18.0. The van der Waals surface area contributed by atoms with Crippen LogP contribution in [-0.4, -0.2) is 37.0 Å². The lowest BCUT2D eigenvalue weighted by molar-refractivity contribution is -0.138. The standard InChI is InChI=1S/C21H22F6N2OS/c1-20(23,24)8-7-15-12-29(14-6-4-5-13(22)9-14)17-10-16(21(25,26)27)18(30-3)11-19(17)31-28(15)2/h4-6,9-11,15H,7-8,12H2,1-3H3. The predicted octanol–water partition coefficient (Wildman–Crippen LogP) is 6.75. The van der Waals surface area contributed by atoms with Crippen molar-refractivity contribution in [2.45, 2.75) is 42.8 Å². The molecule has 0 bridgehead atoms. The van der Waals surface area contributed by atoms with Crippen LogP contribution in [0.2, 0.25) is 0 Å². The van der Waals surface area contributed by atoms with E-state index in [4.69, 9.17) is 4.74 Å². The van der Waals surface area contributed by atoms with Crippen LogP contribution in [0.5, 0.6) is 5.75 Å². The molecule has 10 heteroatoms. The highest BCUT2D eigenvalue weighted by molar-refractivity contribution is 7.97. The van der Waals surface area contributed by atoms with Crippen LogP contribution in [0, 0.1) is 5.82 Å². The Hall–Kier alpha value is -2.07. The van der Waals surface area contributed by atoms with Gasteiger partial charge in [-0.25, -0.2) is 17.5 Å². The third-order valence-electron chi connectivity index (χ3n) is 5.06. The molecule has 0 saturated heterocycles. The van der Waals surface area contributed by atoms with Gasteiger partial charge in [0, 0.05) is 24.7 Å². The van der Waals surface area contributed by atoms with Gasteiger partial charge in [-0.1, -0.05) is 6.07 Å². The van der Waals surface area contributed by atoms with E-state index in [0.29, 0.717) is 10.6 Å². The van der Waals surface area contributed by atoms with Crippen LogP contribution < -0.4 is 9.64 Å². The van der Waals surface area contributed by atoms with Gasteiger partial charge < -0.3 is 9.64 Å². The number of benzene rings is 2. The van der Waals surface area contributed by atoms with Crippen LogP contribution in [0.4, 0.5) is 37.7 Å². The molecular weight excluding hydrogens is 442 g/mol. The number of rotatable bonds is 5. The van der Waals surface area contributed by atoms with Gasteiger partial charge in [0.15, 0.2) is 0 Å². The van der Waals surface area contributed by atoms with Crippen molar-refractivity contribution in [3.8, 4) is 5.75 Å². The summed E-state index contributed by atoms with van der Waals surface area (Å²) < 4.78 is 88.6. The summed E-state index contributed by atoms with van der Waals surface area (Å²) in [5, 5.41) is 0. The Balaban J connectivity index is 2.13. The second-order valence-electron chi connectivity index (χ2n) is 7.51. The third kappa shape index (κ3) is 5.60. The molecule has 1 atom stereocenters. The first-order valence-electron chi connectivity index (χ1n) is 9.50. The van der Waals surface area contributed by atoms with Crippen molar-refractivity contribution >= 4 is 23.3 Å². The zero-order chi connectivity index (χ0) is 23.0. The smallest absolute Gasteiger partial charge is 0.420 e. The second-order valence-corrected chi connectivity index (χ2v) is 8.71. The van der Waals surface area contributed by atoms with Gasteiger partial charge in [-0.05, 0) is 62.7 Å². The highest BCUT2D eigenvalue weighted by Crippen LogP contribution is 2.47. The fourth-order valence-corrected chi connectivity index (χ4v) is 4.51. The van der Waals surface area contributed by atoms with Gasteiger partial charge in [-0.3, -0.25) is 0 Å². The average molecular weight is 464 g/mol. The van der Waals surface area contributed by atoms with Gasteiger partial charge in [-0.15, -0.1) is 0 Å². The molecule has 0 spiro atoms. The Morgan fingerprint density at radius 1 is 1.13 bits per heavy atom. The van der Waals surface area contributed by atoms with Crippen LogP contribution in [0.3, 0.4) is 0 Å². The Bertz CT molecular complexity index is 931. The van der Waals surface area contributed by atoms with E-state index >= 15 is 0 Å². The molecule has 1 aliphatic heterocycles. The Morgan fingerprint density at radius 3 is 2.42 bits per heavy atom. The molecule has 0 fully saturated rings. The van der Waals surface area contributed by atoms with E-state index in [1.165, 1.54) is 24.3 Å². The summed E-state index contributed by atoms with van der Waals surface area (Å²) in [5.41, 5.74) is -0.415. The van der Waals surface area contributed by atoms with Crippen LogP contribution in [0.25, 0.3) is 0 Å². The second kappa shape index (κ2) is 8.82. The summed E-state index contributed by atoms with van der Waals surface area (Å²) in [6.45, 7) is 0.941. The molecule has 0 saturated carbocycles. The Labute approximate surface area is 181 Å². The van der Waals surface area contributed by atoms with E-state index < -0.39 is 29.5 Å². The fraction of sp³-hybridized carbons (Fsp3) is 0.429. The maximum Gasteiger partial charge on any atom is 0.420 e. The SMILES string of the molecule is COc1cc2c(cc1C(F)(F)F)N(c1cccc(F)c1)CC(CCC(C)(F)F)N(C)S2. The van der Waals surface area contributed by atoms with Gasteiger partial charge in [0.1, 0.15) is 11.6 Å². The number of hydrogen-bond donors (Lipinski definition) is 0. The monoisotopic (exact) mass is 464 g/mol. The molecule has 1 heterocycles. The van der Waals surface area contributed by atoms with Crippen LogP contribution >= 0.6 is 11.9 Å². The van der Waals surface area contributed by atoms with E-state index in [1.54, 1.807) is 22.3 Å². The predicted molar refractivity (Wildman–Crippen MR) is 109 cm³/mol. The number of anilines is 2. The van der Waals surface area contributed by atoms with Gasteiger partial charge >= 0.3 is 6.18 Å². The number of methoxy groups -OCH3 is 1. The summed E-state index contributed by atoms with van der Waals surface area (Å²) >= 11 is 1.15. The van der Waals surface area contributed by atoms with Gasteiger partial charge in [0.25, 0.3) is 0 Å². The molecule has 3 rings (SSSR count). The summed E-state index contributed by atoms with van der Waals surface area (Å²) in [6, 6.07) is 7.29. The minimum atomic E-state index is -4.67. The van der Waals surface area contributed by atoms with E-state index in [0.717, 1.165) is 32.0 Å². The van der Waals surface area contributed by atoms with Crippen molar-refractivity contribution in [1.29, 1.82) is 0 Å². The average Bonchev–Trinajstić information content (AvgIpc) is 2.79. The van der Waals surface area contributed by atoms with E-state index in [2.05, 4.69) is 0 Å². The Morgan fingerprint density at radius 2 is 1.84 bits per heavy atom. The molecule has 0 aliphatic carbocycles. The number of ether oxygens (including phenoxy) is 1. The van der Waals surface area contributed by atoms with Crippen LogP contribution in [-0.2, 0) is 6.18 Å². The lowest BCUT2D eigenvalue weighted by atomic mass is 10.1. The van der Waals surface area contributed by atoms with Gasteiger partial charge in [-0.2, -0.15) is 13.2 Å². The van der Waals surface area contributed by atoms with Crippen LogP contribution in [0.1, 0.15) is 25.3 Å². The summed E-state index contributed by atoms with van der Waals surface area (Å²) in [7, 11) is 2.85. The number of nitrogens with zero attached hydrogens (tertiary/aromatic N) is 2. The first kappa shape index (κ1) is 23.6. The molecular formula is C21H22F6N2OS. The number of alkyl halides is 5. The quantitative estimate of drug-likeness (QED) is 0.359. The number of likely N-dealkylation sites (N-methyl/N-ethyl adjacent to an activating group) is 1. The maximum absolute atomic E-state index is 13.9. The largest absolute Gasteiger partial charge is 0.496 e. The molecule has 170 valence electrons. The van der Waals surface area contributed by atoms with E-state index in [9.17, 15) is 26.3 Å². The first-order valence-corrected chi connectivity index (χ1v) is 10.3. The van der Waals surface area contributed by atoms with Crippen molar-refractivity contribution in [2.75, 3.05) is 25.6 Å². The number of halogens is 6. The fourth-order valence-electron chi connectivity index (χ4n) is 3.46. The zero-order valence-electron chi connectivity index (χ0n) is 17.1. The minimum absolute atomic E-state index is 0.107. The summed E-state index contributed by atoms with van der Waals surface area (Å²) in [6.07, 6.45) is -4.94. The Kier molecular flexibility index (Phi) is 6.71. The molecule has 0 amide bonds. The minimum Gasteiger partial charge on any atom is -0.496 e. The van der Waals surface area contributed by atoms with Gasteiger partial charge in [0.2, 0.25) is 5.92 Å². The van der Waals surface area contributed by atoms with Crippen molar-refractivity contribution in [3.05, 3.63) is 47.8 Å². The number of fused-ring (bicyclic) bond motifs is 1. The lowest BCUT2D eigenvalue weighted by Crippen LogP contribution is -2.36.